The van der Waals surface area contributed by atoms with Gasteiger partial charge in [0, 0.05) is 30.9 Å². The van der Waals surface area contributed by atoms with Crippen LogP contribution in [0.25, 0.3) is 0 Å². The molecule has 0 spiro atoms. The predicted molar refractivity (Wildman–Crippen MR) is 71.6 cm³/mol. The molecule has 6 heteroatoms. The van der Waals surface area contributed by atoms with E-state index in [-0.39, 0.29) is 11.5 Å². The summed E-state index contributed by atoms with van der Waals surface area (Å²) in [4.78, 5) is 2.20. The van der Waals surface area contributed by atoms with Crippen LogP contribution in [0.2, 0.25) is 0 Å². The third kappa shape index (κ3) is 2.65. The first-order chi connectivity index (χ1) is 9.57. The third-order valence-electron chi connectivity index (χ3n) is 3.72. The maximum Gasteiger partial charge on any atom is 0.586 e. The Labute approximate surface area is 116 Å². The quantitative estimate of drug-likeness (QED) is 0.905. The standard InChI is InChI=1S/C14H18F2N2O2/c1-2-10-9-18(7-3-6-17-10)11-4-5-12-13(8-11)20-14(15,16)19-12/h4-5,8,10,17H,2-3,6-7,9H2,1H3. The van der Waals surface area contributed by atoms with Crippen molar-refractivity contribution in [2.45, 2.75) is 32.1 Å². The van der Waals surface area contributed by atoms with Gasteiger partial charge in [-0.1, -0.05) is 6.92 Å². The van der Waals surface area contributed by atoms with Crippen LogP contribution in [0, 0.1) is 0 Å². The molecule has 0 aliphatic carbocycles. The Morgan fingerprint density at radius 1 is 1.35 bits per heavy atom. The van der Waals surface area contributed by atoms with Gasteiger partial charge in [0.1, 0.15) is 0 Å². The van der Waals surface area contributed by atoms with E-state index in [1.807, 2.05) is 6.07 Å². The molecule has 2 heterocycles. The molecule has 110 valence electrons. The lowest BCUT2D eigenvalue weighted by Gasteiger charge is -2.26. The average Bonchev–Trinajstić information content (AvgIpc) is 2.60. The van der Waals surface area contributed by atoms with Crippen molar-refractivity contribution in [2.75, 3.05) is 24.5 Å². The largest absolute Gasteiger partial charge is 0.586 e. The third-order valence-corrected chi connectivity index (χ3v) is 3.72. The lowest BCUT2D eigenvalue weighted by Crippen LogP contribution is -2.37. The van der Waals surface area contributed by atoms with Crippen LogP contribution in [0.5, 0.6) is 11.5 Å². The summed E-state index contributed by atoms with van der Waals surface area (Å²) in [7, 11) is 0. The SMILES string of the molecule is CCC1CN(c2ccc3c(c2)OC(F)(F)O3)CCCN1. The first kappa shape index (κ1) is 13.4. The lowest BCUT2D eigenvalue weighted by atomic mass is 10.2. The van der Waals surface area contributed by atoms with Crippen LogP contribution in [0.3, 0.4) is 0 Å². The van der Waals surface area contributed by atoms with Crippen molar-refractivity contribution in [3.63, 3.8) is 0 Å². The summed E-state index contributed by atoms with van der Waals surface area (Å²) < 4.78 is 35.0. The van der Waals surface area contributed by atoms with Crippen LogP contribution in [0.4, 0.5) is 14.5 Å². The summed E-state index contributed by atoms with van der Waals surface area (Å²) in [6.45, 7) is 4.89. The molecule has 0 aromatic heterocycles. The second-order valence-corrected chi connectivity index (χ2v) is 5.16. The minimum absolute atomic E-state index is 0.0961. The first-order valence-electron chi connectivity index (χ1n) is 6.95. The zero-order valence-corrected chi connectivity index (χ0v) is 11.4. The highest BCUT2D eigenvalue weighted by Crippen LogP contribution is 2.42. The zero-order chi connectivity index (χ0) is 14.2. The molecule has 2 aliphatic rings. The molecule has 1 unspecified atom stereocenters. The van der Waals surface area contributed by atoms with Crippen molar-refractivity contribution in [3.8, 4) is 11.5 Å². The topological polar surface area (TPSA) is 33.7 Å². The molecule has 1 N–H and O–H groups in total. The number of ether oxygens (including phenoxy) is 2. The number of benzene rings is 1. The minimum Gasteiger partial charge on any atom is -0.395 e. The van der Waals surface area contributed by atoms with Crippen LogP contribution in [-0.2, 0) is 0 Å². The van der Waals surface area contributed by atoms with Gasteiger partial charge < -0.3 is 19.7 Å². The minimum atomic E-state index is -3.55. The molecule has 4 nitrogen and oxygen atoms in total. The molecule has 1 aromatic rings. The number of hydrogen-bond acceptors (Lipinski definition) is 4. The highest BCUT2D eigenvalue weighted by Gasteiger charge is 2.43. The van der Waals surface area contributed by atoms with Gasteiger partial charge >= 0.3 is 6.29 Å². The molecule has 1 atom stereocenters. The molecule has 0 bridgehead atoms. The Hall–Kier alpha value is -1.56. The van der Waals surface area contributed by atoms with E-state index in [1.165, 1.54) is 0 Å². The molecule has 1 saturated heterocycles. The number of alkyl halides is 2. The number of nitrogens with one attached hydrogen (secondary N) is 1. The van der Waals surface area contributed by atoms with E-state index >= 15 is 0 Å². The van der Waals surface area contributed by atoms with Crippen molar-refractivity contribution in [1.29, 1.82) is 0 Å². The van der Waals surface area contributed by atoms with Gasteiger partial charge in [-0.15, -0.1) is 8.78 Å². The Balaban J connectivity index is 1.81. The van der Waals surface area contributed by atoms with Crippen LogP contribution >= 0.6 is 0 Å². The van der Waals surface area contributed by atoms with Gasteiger partial charge in [0.25, 0.3) is 0 Å². The van der Waals surface area contributed by atoms with E-state index in [0.717, 1.165) is 38.2 Å². The predicted octanol–water partition coefficient (Wildman–Crippen LogP) is 2.59. The number of nitrogens with zero attached hydrogens (tertiary/aromatic N) is 1. The maximum absolute atomic E-state index is 13.0. The van der Waals surface area contributed by atoms with E-state index in [1.54, 1.807) is 12.1 Å². The van der Waals surface area contributed by atoms with Crippen LogP contribution in [0.1, 0.15) is 19.8 Å². The van der Waals surface area contributed by atoms with E-state index in [2.05, 4.69) is 26.6 Å². The fourth-order valence-electron chi connectivity index (χ4n) is 2.64. The van der Waals surface area contributed by atoms with Gasteiger partial charge in [-0.05, 0) is 31.5 Å². The summed E-state index contributed by atoms with van der Waals surface area (Å²) >= 11 is 0. The van der Waals surface area contributed by atoms with Crippen LogP contribution in [-0.4, -0.2) is 32.0 Å². The van der Waals surface area contributed by atoms with Crippen molar-refractivity contribution < 1.29 is 18.3 Å². The number of fused-ring (bicyclic) bond motifs is 1. The fourth-order valence-corrected chi connectivity index (χ4v) is 2.64. The number of rotatable bonds is 2. The Kier molecular flexibility index (Phi) is 3.41. The molecule has 0 amide bonds. The van der Waals surface area contributed by atoms with Crippen molar-refractivity contribution in [1.82, 2.24) is 5.32 Å². The normalized spacial score (nSPS) is 24.6. The molecule has 1 aromatic carbocycles. The van der Waals surface area contributed by atoms with Gasteiger partial charge in [-0.3, -0.25) is 0 Å². The van der Waals surface area contributed by atoms with Crippen LogP contribution in [0.15, 0.2) is 18.2 Å². The van der Waals surface area contributed by atoms with Gasteiger partial charge in [-0.2, -0.15) is 0 Å². The Morgan fingerprint density at radius 3 is 2.95 bits per heavy atom. The fraction of sp³-hybridized carbons (Fsp3) is 0.571. The van der Waals surface area contributed by atoms with Gasteiger partial charge in [0.2, 0.25) is 0 Å². The van der Waals surface area contributed by atoms with E-state index in [0.29, 0.717) is 6.04 Å². The first-order valence-corrected chi connectivity index (χ1v) is 6.95. The maximum atomic E-state index is 13.0. The van der Waals surface area contributed by atoms with E-state index < -0.39 is 6.29 Å². The van der Waals surface area contributed by atoms with Gasteiger partial charge in [0.15, 0.2) is 11.5 Å². The van der Waals surface area contributed by atoms with E-state index in [4.69, 9.17) is 0 Å². The smallest absolute Gasteiger partial charge is 0.395 e. The number of halogens is 2. The van der Waals surface area contributed by atoms with Crippen molar-refractivity contribution in [2.24, 2.45) is 0 Å². The Morgan fingerprint density at radius 2 is 2.15 bits per heavy atom. The highest BCUT2D eigenvalue weighted by atomic mass is 19.3. The molecule has 2 aliphatic heterocycles. The molecule has 3 rings (SSSR count). The molecule has 1 fully saturated rings. The Bertz CT molecular complexity index is 496. The summed E-state index contributed by atoms with van der Waals surface area (Å²) in [6.07, 6.45) is -1.48. The highest BCUT2D eigenvalue weighted by molar-refractivity contribution is 5.57. The summed E-state index contributed by atoms with van der Waals surface area (Å²) in [5.41, 5.74) is 0.896. The summed E-state index contributed by atoms with van der Waals surface area (Å²) in [5, 5.41) is 3.48. The lowest BCUT2D eigenvalue weighted by molar-refractivity contribution is -0.286. The monoisotopic (exact) mass is 284 g/mol. The zero-order valence-electron chi connectivity index (χ0n) is 11.4. The van der Waals surface area contributed by atoms with Crippen molar-refractivity contribution in [3.05, 3.63) is 18.2 Å². The van der Waals surface area contributed by atoms with Gasteiger partial charge in [-0.25, -0.2) is 0 Å². The number of anilines is 1. The van der Waals surface area contributed by atoms with Crippen molar-refractivity contribution >= 4 is 5.69 Å². The number of hydrogen-bond donors (Lipinski definition) is 1. The molecular formula is C14H18F2N2O2. The van der Waals surface area contributed by atoms with Crippen LogP contribution < -0.4 is 19.7 Å². The van der Waals surface area contributed by atoms with E-state index in [9.17, 15) is 8.78 Å². The second kappa shape index (κ2) is 5.09. The molecule has 0 radical (unpaired) electrons. The molecule has 0 saturated carbocycles. The molecular weight excluding hydrogens is 266 g/mol. The summed E-state index contributed by atoms with van der Waals surface area (Å²) in [5.74, 6) is 0.205. The molecule has 20 heavy (non-hydrogen) atoms. The summed E-state index contributed by atoms with van der Waals surface area (Å²) in [6, 6.07) is 5.41. The average molecular weight is 284 g/mol. The second-order valence-electron chi connectivity index (χ2n) is 5.16. The van der Waals surface area contributed by atoms with Gasteiger partial charge in [0.05, 0.1) is 0 Å².